The third-order valence-corrected chi connectivity index (χ3v) is 5.18. The molecule has 1 aromatic carbocycles. The minimum atomic E-state index is -4.77. The summed E-state index contributed by atoms with van der Waals surface area (Å²) < 4.78 is 42.7. The fraction of sp³-hybridized carbons (Fsp3) is 0.118. The van der Waals surface area contributed by atoms with Crippen LogP contribution in [0.2, 0.25) is 5.02 Å². The first kappa shape index (κ1) is 17.7. The summed E-state index contributed by atoms with van der Waals surface area (Å²) >= 11 is 6.98. The van der Waals surface area contributed by atoms with E-state index in [0.717, 1.165) is 17.7 Å². The number of ketones is 1. The number of hydrogen-bond donors (Lipinski definition) is 1. The van der Waals surface area contributed by atoms with E-state index in [1.807, 2.05) is 0 Å². The van der Waals surface area contributed by atoms with E-state index in [-0.39, 0.29) is 10.8 Å². The van der Waals surface area contributed by atoms with Crippen LogP contribution >= 0.6 is 22.9 Å². The lowest BCUT2D eigenvalue weighted by Gasteiger charge is -2.30. The lowest BCUT2D eigenvalue weighted by molar-refractivity contribution is -0.0918. The van der Waals surface area contributed by atoms with Gasteiger partial charge in [-0.15, -0.1) is 11.3 Å². The van der Waals surface area contributed by atoms with Crippen molar-refractivity contribution in [2.75, 3.05) is 5.32 Å². The van der Waals surface area contributed by atoms with Crippen molar-refractivity contribution < 1.29 is 18.0 Å². The molecule has 1 aliphatic rings. The summed E-state index contributed by atoms with van der Waals surface area (Å²) in [4.78, 5) is 17.1. The third-order valence-electron chi connectivity index (χ3n) is 4.06. The van der Waals surface area contributed by atoms with Gasteiger partial charge in [0.25, 0.3) is 0 Å². The molecule has 4 rings (SSSR count). The highest BCUT2D eigenvalue weighted by Gasteiger charge is 2.46. The van der Waals surface area contributed by atoms with Gasteiger partial charge in [-0.25, -0.2) is 4.68 Å². The predicted octanol–water partition coefficient (Wildman–Crippen LogP) is 4.71. The topological polar surface area (TPSA) is 59.8 Å². The molecule has 138 valence electrons. The number of thiophene rings is 1. The van der Waals surface area contributed by atoms with Crippen LogP contribution in [0.3, 0.4) is 0 Å². The highest BCUT2D eigenvalue weighted by Crippen LogP contribution is 2.42. The molecule has 10 heteroatoms. The van der Waals surface area contributed by atoms with Crippen molar-refractivity contribution in [1.82, 2.24) is 14.8 Å². The number of carbonyl (C=O) groups excluding carboxylic acids is 1. The van der Waals surface area contributed by atoms with Crippen LogP contribution in [0.5, 0.6) is 0 Å². The van der Waals surface area contributed by atoms with Crippen molar-refractivity contribution in [3.63, 3.8) is 0 Å². The third kappa shape index (κ3) is 3.13. The Morgan fingerprint density at radius 1 is 1.22 bits per heavy atom. The molecule has 0 bridgehead atoms. The van der Waals surface area contributed by atoms with Crippen LogP contribution in [0.25, 0.3) is 0 Å². The number of Topliss-reactive ketones (excluding diaryl/α,β-unsaturated/α-hetero) is 1. The summed E-state index contributed by atoms with van der Waals surface area (Å²) in [7, 11) is 0. The Kier molecular flexibility index (Phi) is 4.27. The minimum Gasteiger partial charge on any atom is -0.320 e. The van der Waals surface area contributed by atoms with Gasteiger partial charge in [-0.2, -0.15) is 23.3 Å². The normalized spacial score (nSPS) is 16.8. The van der Waals surface area contributed by atoms with Crippen LogP contribution in [-0.2, 0) is 0 Å². The molecule has 0 fully saturated rings. The van der Waals surface area contributed by atoms with Crippen LogP contribution < -0.4 is 5.32 Å². The average Bonchev–Trinajstić information content (AvgIpc) is 3.31. The Balaban J connectivity index is 1.97. The van der Waals surface area contributed by atoms with Gasteiger partial charge in [0, 0.05) is 5.02 Å². The molecule has 0 amide bonds. The maximum atomic E-state index is 13.8. The summed E-state index contributed by atoms with van der Waals surface area (Å²) in [5, 5.41) is 8.31. The van der Waals surface area contributed by atoms with E-state index < -0.39 is 29.3 Å². The van der Waals surface area contributed by atoms with Gasteiger partial charge in [-0.3, -0.25) is 4.79 Å². The second kappa shape index (κ2) is 6.50. The number of hydrogen-bond acceptors (Lipinski definition) is 5. The SMILES string of the molecule is O=C(C1=C(C(F)(F)F)Nc2ncnn2[C@@H]1c1ccc(Cl)cc1)c1cccs1. The number of alkyl halides is 3. The van der Waals surface area contributed by atoms with Crippen LogP contribution in [0, 0.1) is 0 Å². The quantitative estimate of drug-likeness (QED) is 0.635. The van der Waals surface area contributed by atoms with E-state index in [2.05, 4.69) is 15.4 Å². The highest BCUT2D eigenvalue weighted by molar-refractivity contribution is 7.12. The molecule has 0 spiro atoms. The molecule has 0 unspecified atom stereocenters. The number of nitrogens with zero attached hydrogens (tertiary/aromatic N) is 3. The van der Waals surface area contributed by atoms with E-state index in [9.17, 15) is 18.0 Å². The number of anilines is 1. The minimum absolute atomic E-state index is 0.0926. The molecule has 1 atom stereocenters. The predicted molar refractivity (Wildman–Crippen MR) is 95.0 cm³/mol. The molecule has 1 N–H and O–H groups in total. The zero-order chi connectivity index (χ0) is 19.2. The average molecular weight is 411 g/mol. The summed E-state index contributed by atoms with van der Waals surface area (Å²) in [5.41, 5.74) is -1.14. The second-order valence-electron chi connectivity index (χ2n) is 5.70. The number of nitrogens with one attached hydrogen (secondary N) is 1. The maximum absolute atomic E-state index is 13.8. The monoisotopic (exact) mass is 410 g/mol. The number of rotatable bonds is 3. The fourth-order valence-electron chi connectivity index (χ4n) is 2.92. The Hall–Kier alpha value is -2.65. The van der Waals surface area contributed by atoms with Crippen molar-refractivity contribution in [2.45, 2.75) is 12.2 Å². The summed E-state index contributed by atoms with van der Waals surface area (Å²) in [5.74, 6) is -0.809. The van der Waals surface area contributed by atoms with Gasteiger partial charge in [0.2, 0.25) is 11.7 Å². The summed E-state index contributed by atoms with van der Waals surface area (Å²) in [6, 6.07) is 8.25. The Morgan fingerprint density at radius 3 is 2.59 bits per heavy atom. The van der Waals surface area contributed by atoms with Gasteiger partial charge in [-0.1, -0.05) is 29.8 Å². The molecule has 0 aliphatic carbocycles. The Labute approximate surface area is 160 Å². The molecule has 2 aromatic heterocycles. The largest absolute Gasteiger partial charge is 0.431 e. The molecule has 3 heterocycles. The molecule has 5 nitrogen and oxygen atoms in total. The molecule has 0 saturated carbocycles. The van der Waals surface area contributed by atoms with Crippen LogP contribution in [-0.4, -0.2) is 26.7 Å². The van der Waals surface area contributed by atoms with E-state index in [1.54, 1.807) is 35.7 Å². The van der Waals surface area contributed by atoms with E-state index >= 15 is 0 Å². The first-order valence-corrected chi connectivity index (χ1v) is 8.93. The van der Waals surface area contributed by atoms with Crippen LogP contribution in [0.15, 0.2) is 59.4 Å². The van der Waals surface area contributed by atoms with Gasteiger partial charge < -0.3 is 5.32 Å². The van der Waals surface area contributed by atoms with Crippen molar-refractivity contribution in [3.8, 4) is 0 Å². The molecular formula is C17H10ClF3N4OS. The number of carbonyl (C=O) groups is 1. The standard InChI is InChI=1S/C17H10ClF3N4OS/c18-10-5-3-9(4-6-10)13-12(14(26)11-2-1-7-27-11)15(17(19,20)21)24-16-22-8-23-25(13)16/h1-8,13H,(H,22,23,24)/t13-/m1/s1. The molecule has 27 heavy (non-hydrogen) atoms. The van der Waals surface area contributed by atoms with Gasteiger partial charge >= 0.3 is 6.18 Å². The lowest BCUT2D eigenvalue weighted by atomic mass is 9.91. The van der Waals surface area contributed by atoms with E-state index in [1.165, 1.54) is 10.7 Å². The number of benzene rings is 1. The van der Waals surface area contributed by atoms with Crippen molar-refractivity contribution in [3.05, 3.63) is 74.8 Å². The smallest absolute Gasteiger partial charge is 0.320 e. The highest BCUT2D eigenvalue weighted by atomic mass is 35.5. The molecule has 3 aromatic rings. The van der Waals surface area contributed by atoms with E-state index in [4.69, 9.17) is 11.6 Å². The number of allylic oxidation sites excluding steroid dienone is 2. The summed E-state index contributed by atoms with van der Waals surface area (Å²) in [6.45, 7) is 0. The van der Waals surface area contributed by atoms with Crippen molar-refractivity contribution in [2.24, 2.45) is 0 Å². The molecular weight excluding hydrogens is 401 g/mol. The zero-order valence-electron chi connectivity index (χ0n) is 13.4. The fourth-order valence-corrected chi connectivity index (χ4v) is 3.73. The Morgan fingerprint density at radius 2 is 1.96 bits per heavy atom. The maximum Gasteiger partial charge on any atom is 0.431 e. The van der Waals surface area contributed by atoms with Gasteiger partial charge in [0.15, 0.2) is 0 Å². The first-order valence-electron chi connectivity index (χ1n) is 7.68. The lowest BCUT2D eigenvalue weighted by Crippen LogP contribution is -2.35. The van der Waals surface area contributed by atoms with Gasteiger partial charge in [-0.05, 0) is 29.1 Å². The Bertz CT molecular complexity index is 1030. The second-order valence-corrected chi connectivity index (χ2v) is 7.08. The molecule has 0 saturated heterocycles. The zero-order valence-corrected chi connectivity index (χ0v) is 14.9. The van der Waals surface area contributed by atoms with Crippen LogP contribution in [0.1, 0.15) is 21.3 Å². The number of aromatic nitrogens is 3. The van der Waals surface area contributed by atoms with Crippen molar-refractivity contribution >= 4 is 34.7 Å². The van der Waals surface area contributed by atoms with Crippen molar-refractivity contribution in [1.29, 1.82) is 0 Å². The molecule has 1 aliphatic heterocycles. The van der Waals surface area contributed by atoms with E-state index in [0.29, 0.717) is 10.6 Å². The molecule has 0 radical (unpaired) electrons. The van der Waals surface area contributed by atoms with Gasteiger partial charge in [0.1, 0.15) is 18.1 Å². The van der Waals surface area contributed by atoms with Gasteiger partial charge in [0.05, 0.1) is 10.5 Å². The van der Waals surface area contributed by atoms with Crippen LogP contribution in [0.4, 0.5) is 19.1 Å². The first-order chi connectivity index (χ1) is 12.9. The summed E-state index contributed by atoms with van der Waals surface area (Å²) in [6.07, 6.45) is -3.64. The number of halogens is 4. The number of fused-ring (bicyclic) bond motifs is 1.